The number of hydrogen-bond acceptors (Lipinski definition) is 5. The molecule has 7 nitrogen and oxygen atoms in total. The summed E-state index contributed by atoms with van der Waals surface area (Å²) in [5.41, 5.74) is 5.48. The van der Waals surface area contributed by atoms with Gasteiger partial charge in [-0.05, 0) is 55.0 Å². The fraction of sp³-hybridized carbons (Fsp3) is 0.125. The Labute approximate surface area is 180 Å². The second-order valence-electron chi connectivity index (χ2n) is 6.68. The molecule has 0 aromatic heterocycles. The van der Waals surface area contributed by atoms with Crippen molar-refractivity contribution in [2.24, 2.45) is 5.10 Å². The standard InChI is InChI=1S/C24H23N3O4/c1-17-8-11-19(12-9-17)24(29)27-25-15-18-10-13-21(22(14-18)30-2)31-16-23(28)26-20-6-4-3-5-7-20/h3-15H,16H2,1-2H3,(H,26,28)(H,27,29)/b25-15+. The van der Waals surface area contributed by atoms with Crippen LogP contribution in [-0.2, 0) is 4.79 Å². The van der Waals surface area contributed by atoms with Crippen LogP contribution in [0.5, 0.6) is 11.5 Å². The zero-order valence-electron chi connectivity index (χ0n) is 17.3. The molecule has 7 heteroatoms. The highest BCUT2D eigenvalue weighted by Gasteiger charge is 2.09. The average molecular weight is 417 g/mol. The maximum Gasteiger partial charge on any atom is 0.271 e. The van der Waals surface area contributed by atoms with Gasteiger partial charge in [0.2, 0.25) is 0 Å². The monoisotopic (exact) mass is 417 g/mol. The van der Waals surface area contributed by atoms with Crippen LogP contribution in [0.3, 0.4) is 0 Å². The lowest BCUT2D eigenvalue weighted by molar-refractivity contribution is -0.118. The number of hydrogen-bond donors (Lipinski definition) is 2. The summed E-state index contributed by atoms with van der Waals surface area (Å²) in [6.07, 6.45) is 1.50. The number of carbonyl (C=O) groups excluding carboxylic acids is 2. The molecule has 3 rings (SSSR count). The number of ether oxygens (including phenoxy) is 2. The molecule has 0 atom stereocenters. The third kappa shape index (κ3) is 6.43. The molecule has 158 valence electrons. The SMILES string of the molecule is COc1cc(/C=N/NC(=O)c2ccc(C)cc2)ccc1OCC(=O)Nc1ccccc1. The lowest BCUT2D eigenvalue weighted by atomic mass is 10.1. The highest BCUT2D eigenvalue weighted by molar-refractivity contribution is 5.95. The number of nitrogens with zero attached hydrogens (tertiary/aromatic N) is 1. The van der Waals surface area contributed by atoms with Crippen molar-refractivity contribution in [1.29, 1.82) is 0 Å². The first kappa shape index (κ1) is 21.6. The van der Waals surface area contributed by atoms with E-state index >= 15 is 0 Å². The molecule has 0 aliphatic heterocycles. The van der Waals surface area contributed by atoms with E-state index in [-0.39, 0.29) is 18.4 Å². The van der Waals surface area contributed by atoms with Crippen LogP contribution in [0.1, 0.15) is 21.5 Å². The van der Waals surface area contributed by atoms with Crippen molar-refractivity contribution in [2.45, 2.75) is 6.92 Å². The number of benzene rings is 3. The van der Waals surface area contributed by atoms with Crippen LogP contribution in [0.2, 0.25) is 0 Å². The zero-order valence-corrected chi connectivity index (χ0v) is 17.3. The number of methoxy groups -OCH3 is 1. The second kappa shape index (κ2) is 10.6. The Balaban J connectivity index is 1.56. The van der Waals surface area contributed by atoms with Crippen LogP contribution >= 0.6 is 0 Å². The first-order valence-electron chi connectivity index (χ1n) is 9.61. The van der Waals surface area contributed by atoms with E-state index in [1.807, 2.05) is 37.3 Å². The molecule has 0 aliphatic carbocycles. The molecule has 0 fully saturated rings. The third-order valence-corrected chi connectivity index (χ3v) is 4.30. The topological polar surface area (TPSA) is 89.0 Å². The van der Waals surface area contributed by atoms with Crippen molar-refractivity contribution in [3.8, 4) is 11.5 Å². The second-order valence-corrected chi connectivity index (χ2v) is 6.68. The molecule has 2 amide bonds. The zero-order chi connectivity index (χ0) is 22.1. The van der Waals surface area contributed by atoms with Gasteiger partial charge in [-0.25, -0.2) is 5.43 Å². The maximum absolute atomic E-state index is 12.1. The molecule has 2 N–H and O–H groups in total. The predicted molar refractivity (Wildman–Crippen MR) is 120 cm³/mol. The number of anilines is 1. The number of aryl methyl sites for hydroxylation is 1. The van der Waals surface area contributed by atoms with Crippen LogP contribution in [0.25, 0.3) is 0 Å². The van der Waals surface area contributed by atoms with Gasteiger partial charge in [-0.2, -0.15) is 5.10 Å². The fourth-order valence-electron chi connectivity index (χ4n) is 2.68. The summed E-state index contributed by atoms with van der Waals surface area (Å²) in [7, 11) is 1.51. The first-order valence-corrected chi connectivity index (χ1v) is 9.61. The molecule has 0 saturated carbocycles. The first-order chi connectivity index (χ1) is 15.0. The summed E-state index contributed by atoms with van der Waals surface area (Å²) < 4.78 is 10.9. The van der Waals surface area contributed by atoms with Gasteiger partial charge in [-0.15, -0.1) is 0 Å². The lowest BCUT2D eigenvalue weighted by Gasteiger charge is -2.11. The Morgan fingerprint density at radius 1 is 0.968 bits per heavy atom. The summed E-state index contributed by atoms with van der Waals surface area (Å²) in [5, 5.41) is 6.73. The van der Waals surface area contributed by atoms with Crippen LogP contribution in [0.15, 0.2) is 77.9 Å². The van der Waals surface area contributed by atoms with E-state index < -0.39 is 0 Å². The number of carbonyl (C=O) groups is 2. The van der Waals surface area contributed by atoms with Crippen LogP contribution in [0, 0.1) is 6.92 Å². The minimum atomic E-state index is -0.299. The highest BCUT2D eigenvalue weighted by atomic mass is 16.5. The van der Waals surface area contributed by atoms with Gasteiger partial charge in [-0.3, -0.25) is 9.59 Å². The largest absolute Gasteiger partial charge is 0.493 e. The van der Waals surface area contributed by atoms with Crippen molar-refractivity contribution in [2.75, 3.05) is 19.0 Å². The van der Waals surface area contributed by atoms with Gasteiger partial charge < -0.3 is 14.8 Å². The number of rotatable bonds is 8. The molecular formula is C24H23N3O4. The van der Waals surface area contributed by atoms with E-state index in [1.165, 1.54) is 13.3 Å². The Bertz CT molecular complexity index is 1060. The molecule has 0 aliphatic rings. The van der Waals surface area contributed by atoms with Crippen molar-refractivity contribution < 1.29 is 19.1 Å². The number of amides is 2. The Kier molecular flexibility index (Phi) is 7.37. The van der Waals surface area contributed by atoms with Gasteiger partial charge in [-0.1, -0.05) is 35.9 Å². The number of nitrogens with one attached hydrogen (secondary N) is 2. The Morgan fingerprint density at radius 3 is 2.42 bits per heavy atom. The molecule has 31 heavy (non-hydrogen) atoms. The van der Waals surface area contributed by atoms with E-state index in [9.17, 15) is 9.59 Å². The molecule has 0 bridgehead atoms. The fourth-order valence-corrected chi connectivity index (χ4v) is 2.68. The highest BCUT2D eigenvalue weighted by Crippen LogP contribution is 2.27. The van der Waals surface area contributed by atoms with Gasteiger partial charge in [0, 0.05) is 11.3 Å². The van der Waals surface area contributed by atoms with Crippen molar-refractivity contribution in [1.82, 2.24) is 5.43 Å². The van der Waals surface area contributed by atoms with Gasteiger partial charge in [0.05, 0.1) is 13.3 Å². The van der Waals surface area contributed by atoms with Gasteiger partial charge in [0.25, 0.3) is 11.8 Å². The minimum absolute atomic E-state index is 0.161. The smallest absolute Gasteiger partial charge is 0.271 e. The number of hydrazone groups is 1. The van der Waals surface area contributed by atoms with E-state index in [0.717, 1.165) is 5.56 Å². The Morgan fingerprint density at radius 2 is 1.71 bits per heavy atom. The van der Waals surface area contributed by atoms with E-state index in [1.54, 1.807) is 42.5 Å². The summed E-state index contributed by atoms with van der Waals surface area (Å²) in [6.45, 7) is 1.79. The molecule has 3 aromatic rings. The summed E-state index contributed by atoms with van der Waals surface area (Å²) in [5.74, 6) is 0.290. The normalized spacial score (nSPS) is 10.5. The molecule has 0 heterocycles. The van der Waals surface area contributed by atoms with Crippen LogP contribution in [0.4, 0.5) is 5.69 Å². The molecular weight excluding hydrogens is 394 g/mol. The number of para-hydroxylation sites is 1. The van der Waals surface area contributed by atoms with Crippen LogP contribution < -0.4 is 20.2 Å². The average Bonchev–Trinajstić information content (AvgIpc) is 2.79. The van der Waals surface area contributed by atoms with E-state index in [2.05, 4.69) is 15.8 Å². The minimum Gasteiger partial charge on any atom is -0.493 e. The maximum atomic E-state index is 12.1. The molecule has 3 aromatic carbocycles. The van der Waals surface area contributed by atoms with E-state index in [0.29, 0.717) is 28.3 Å². The predicted octanol–water partition coefficient (Wildman–Crippen LogP) is 3.79. The van der Waals surface area contributed by atoms with E-state index in [4.69, 9.17) is 9.47 Å². The van der Waals surface area contributed by atoms with Gasteiger partial charge >= 0.3 is 0 Å². The molecule has 0 radical (unpaired) electrons. The quantitative estimate of drug-likeness (QED) is 0.431. The van der Waals surface area contributed by atoms with Crippen molar-refractivity contribution in [3.63, 3.8) is 0 Å². The lowest BCUT2D eigenvalue weighted by Crippen LogP contribution is -2.20. The van der Waals surface area contributed by atoms with Gasteiger partial charge in [0.15, 0.2) is 18.1 Å². The molecule has 0 spiro atoms. The summed E-state index contributed by atoms with van der Waals surface area (Å²) in [4.78, 5) is 24.2. The summed E-state index contributed by atoms with van der Waals surface area (Å²) >= 11 is 0. The molecule has 0 unspecified atom stereocenters. The molecule has 0 saturated heterocycles. The van der Waals surface area contributed by atoms with Gasteiger partial charge in [0.1, 0.15) is 0 Å². The Hall–Kier alpha value is -4.13. The van der Waals surface area contributed by atoms with Crippen LogP contribution in [-0.4, -0.2) is 31.7 Å². The summed E-state index contributed by atoms with van der Waals surface area (Å²) in [6, 6.07) is 21.5. The third-order valence-electron chi connectivity index (χ3n) is 4.30. The van der Waals surface area contributed by atoms with Crippen molar-refractivity contribution in [3.05, 3.63) is 89.5 Å². The van der Waals surface area contributed by atoms with Crippen molar-refractivity contribution >= 4 is 23.7 Å².